The molecule has 1 heterocycles. The van der Waals surface area contributed by atoms with Gasteiger partial charge in [-0.15, -0.1) is 5.37 Å². The van der Waals surface area contributed by atoms with Gasteiger partial charge >= 0.3 is 5.97 Å². The topological polar surface area (TPSA) is 75.6 Å². The number of carboxylic acids is 1. The first-order valence-corrected chi connectivity index (χ1v) is 9.01. The fourth-order valence-electron chi connectivity index (χ4n) is 1.86. The summed E-state index contributed by atoms with van der Waals surface area (Å²) in [6.07, 6.45) is 3.46. The molecule has 1 aliphatic heterocycles. The summed E-state index contributed by atoms with van der Waals surface area (Å²) in [5.41, 5.74) is 0.529. The summed E-state index contributed by atoms with van der Waals surface area (Å²) in [6, 6.07) is 3.08. The Morgan fingerprint density at radius 1 is 1.46 bits per heavy atom. The summed E-state index contributed by atoms with van der Waals surface area (Å²) >= 11 is 17.2. The van der Waals surface area contributed by atoms with E-state index in [2.05, 4.69) is 5.32 Å². The van der Waals surface area contributed by atoms with Crippen molar-refractivity contribution in [1.82, 2.24) is 5.32 Å². The normalized spacial score (nSPS) is 17.6. The Morgan fingerprint density at radius 3 is 2.75 bits per heavy atom. The van der Waals surface area contributed by atoms with Crippen molar-refractivity contribution < 1.29 is 19.4 Å². The first-order valence-electron chi connectivity index (χ1n) is 6.56. The number of benzene rings is 1. The van der Waals surface area contributed by atoms with Crippen LogP contribution in [-0.4, -0.2) is 38.1 Å². The number of carboxylic acid groups (broad SMARTS) is 1. The van der Waals surface area contributed by atoms with Crippen LogP contribution in [-0.2, 0) is 19.7 Å². The average Bonchev–Trinajstić information content (AvgIpc) is 2.82. The lowest BCUT2D eigenvalue weighted by molar-refractivity contribution is -0.139. The van der Waals surface area contributed by atoms with Gasteiger partial charge in [0.25, 0.3) is 0 Å². The molecule has 0 saturated heterocycles. The lowest BCUT2D eigenvalue weighted by atomic mass is 10.1. The molecular formula is C15H12Cl2NO4S2-. The van der Waals surface area contributed by atoms with Gasteiger partial charge in [0.1, 0.15) is 5.75 Å². The zero-order chi connectivity index (χ0) is 17.9. The van der Waals surface area contributed by atoms with Gasteiger partial charge in [0.15, 0.2) is 6.61 Å². The Morgan fingerprint density at radius 2 is 2.17 bits per heavy atom. The van der Waals surface area contributed by atoms with Crippen LogP contribution in [0.4, 0.5) is 0 Å². The molecule has 1 amide bonds. The van der Waals surface area contributed by atoms with E-state index >= 15 is 0 Å². The Balaban J connectivity index is 2.40. The van der Waals surface area contributed by atoms with Gasteiger partial charge in [-0.3, -0.25) is 4.79 Å². The monoisotopic (exact) mass is 404 g/mol. The number of halogens is 2. The van der Waals surface area contributed by atoms with Gasteiger partial charge < -0.3 is 25.2 Å². The first-order chi connectivity index (χ1) is 11.3. The molecule has 0 aromatic heterocycles. The van der Waals surface area contributed by atoms with E-state index in [1.807, 2.05) is 6.92 Å². The Kier molecular flexibility index (Phi) is 6.28. The predicted molar refractivity (Wildman–Crippen MR) is 103 cm³/mol. The number of aliphatic carboxylic acids is 1. The van der Waals surface area contributed by atoms with Gasteiger partial charge in [-0.05, 0) is 16.5 Å². The van der Waals surface area contributed by atoms with Gasteiger partial charge in [-0.2, -0.15) is 4.86 Å². The molecule has 1 aromatic rings. The molecule has 2 N–H and O–H groups in total. The maximum atomic E-state index is 11.3. The summed E-state index contributed by atoms with van der Waals surface area (Å²) < 4.78 is 5.70. The third kappa shape index (κ3) is 4.73. The second kappa shape index (κ2) is 8.02. The van der Waals surface area contributed by atoms with Crippen molar-refractivity contribution in [2.24, 2.45) is 0 Å². The van der Waals surface area contributed by atoms with Crippen LogP contribution in [0.5, 0.6) is 5.75 Å². The molecule has 0 fully saturated rings. The van der Waals surface area contributed by atoms with Crippen molar-refractivity contribution in [3.05, 3.63) is 33.8 Å². The number of amides is 1. The summed E-state index contributed by atoms with van der Waals surface area (Å²) in [6.45, 7) is 1.32. The molecule has 128 valence electrons. The van der Waals surface area contributed by atoms with Crippen LogP contribution in [0.2, 0.25) is 10.0 Å². The zero-order valence-electron chi connectivity index (χ0n) is 12.3. The lowest BCUT2D eigenvalue weighted by Crippen LogP contribution is -2.21. The molecule has 24 heavy (non-hydrogen) atoms. The number of hydrogen-bond donors (Lipinski definition) is 2. The fraction of sp³-hybridized carbons (Fsp3) is 0.133. The molecule has 0 bridgehead atoms. The van der Waals surface area contributed by atoms with E-state index in [0.29, 0.717) is 14.9 Å². The SMILES string of the molecule is CC(C=Cc1cc(Cl)cc(Cl)c1OCC(=O)O)=[S-]1=CC(=O)NC1=S. The second-order valence-electron chi connectivity index (χ2n) is 4.66. The summed E-state index contributed by atoms with van der Waals surface area (Å²) in [4.78, 5) is 22.9. The van der Waals surface area contributed by atoms with Crippen molar-refractivity contribution in [3.8, 4) is 5.75 Å². The summed E-state index contributed by atoms with van der Waals surface area (Å²) in [7, 11) is -0.574. The Hall–Kier alpha value is -1.54. The van der Waals surface area contributed by atoms with Gasteiger partial charge in [0, 0.05) is 10.6 Å². The number of carbonyl (C=O) groups is 2. The molecule has 0 aliphatic carbocycles. The van der Waals surface area contributed by atoms with Gasteiger partial charge in [0.05, 0.1) is 5.02 Å². The number of thiocarbonyl (C=S) groups is 1. The molecular weight excluding hydrogens is 393 g/mol. The molecule has 1 aromatic carbocycles. The van der Waals surface area contributed by atoms with Gasteiger partial charge in [-0.25, -0.2) is 4.79 Å². The molecule has 0 radical (unpaired) electrons. The number of ether oxygens (including phenoxy) is 1. The molecule has 9 heteroatoms. The highest BCUT2D eigenvalue weighted by molar-refractivity contribution is 8.19. The van der Waals surface area contributed by atoms with Crippen LogP contribution in [0.1, 0.15) is 12.5 Å². The smallest absolute Gasteiger partial charge is 0.341 e. The molecule has 0 saturated carbocycles. The molecule has 2 rings (SSSR count). The summed E-state index contributed by atoms with van der Waals surface area (Å²) in [5.74, 6) is -1.11. The van der Waals surface area contributed by atoms with E-state index in [-0.39, 0.29) is 16.7 Å². The largest absolute Gasteiger partial charge is 0.480 e. The fourth-order valence-corrected chi connectivity index (χ4v) is 4.34. The van der Waals surface area contributed by atoms with Crippen molar-refractivity contribution in [2.45, 2.75) is 6.92 Å². The third-order valence-corrected chi connectivity index (χ3v) is 5.79. The van der Waals surface area contributed by atoms with Crippen molar-refractivity contribution in [2.75, 3.05) is 6.61 Å². The van der Waals surface area contributed by atoms with Crippen LogP contribution in [0.25, 0.3) is 6.08 Å². The minimum atomic E-state index is -1.12. The van der Waals surface area contributed by atoms with Gasteiger partial charge in [0.2, 0.25) is 5.91 Å². The van der Waals surface area contributed by atoms with Crippen molar-refractivity contribution >= 4 is 78.0 Å². The third-order valence-electron chi connectivity index (χ3n) is 2.87. The van der Waals surface area contributed by atoms with Crippen LogP contribution in [0.15, 0.2) is 18.2 Å². The molecule has 1 aliphatic rings. The number of carbonyl (C=O) groups excluding carboxylic acids is 1. The maximum Gasteiger partial charge on any atom is 0.341 e. The number of allylic oxidation sites excluding steroid dienone is 1. The highest BCUT2D eigenvalue weighted by Gasteiger charge is 2.10. The number of nitrogens with one attached hydrogen (secondary N) is 1. The lowest BCUT2D eigenvalue weighted by Gasteiger charge is -2.12. The second-order valence-corrected chi connectivity index (χ2v) is 8.14. The van der Waals surface area contributed by atoms with Crippen LogP contribution < -0.4 is 10.1 Å². The molecule has 0 atom stereocenters. The molecule has 0 unspecified atom stereocenters. The zero-order valence-corrected chi connectivity index (χ0v) is 15.5. The highest BCUT2D eigenvalue weighted by Crippen LogP contribution is 2.33. The molecule has 5 nitrogen and oxygen atoms in total. The van der Waals surface area contributed by atoms with E-state index in [1.54, 1.807) is 18.2 Å². The van der Waals surface area contributed by atoms with Gasteiger partial charge in [-0.1, -0.05) is 54.5 Å². The van der Waals surface area contributed by atoms with E-state index in [0.717, 1.165) is 4.86 Å². The Bertz CT molecular complexity index is 855. The van der Waals surface area contributed by atoms with Crippen LogP contribution >= 0.6 is 35.4 Å². The van der Waals surface area contributed by atoms with E-state index in [9.17, 15) is 9.59 Å². The van der Waals surface area contributed by atoms with Crippen molar-refractivity contribution in [1.29, 1.82) is 0 Å². The quantitative estimate of drug-likeness (QED) is 0.447. The number of hydrogen-bond acceptors (Lipinski definition) is 5. The van der Waals surface area contributed by atoms with Crippen LogP contribution in [0, 0.1) is 0 Å². The standard InChI is InChI=1S/C15H12Cl2NO4S2/c1-8(24-7-12(19)18-15(24)23)2-3-9-4-10(16)5-11(17)14(9)22-6-13(20)21/h2-5,7H,6H2,1H3,(H,20,21)(H,18,19,23)/q-1. The highest BCUT2D eigenvalue weighted by atomic mass is 35.5. The number of rotatable bonds is 5. The average molecular weight is 405 g/mol. The van der Waals surface area contributed by atoms with E-state index in [1.165, 1.54) is 11.4 Å². The maximum absolute atomic E-state index is 11.3. The minimum absolute atomic E-state index is 0.211. The van der Waals surface area contributed by atoms with E-state index in [4.69, 9.17) is 45.3 Å². The van der Waals surface area contributed by atoms with Crippen molar-refractivity contribution in [3.63, 3.8) is 0 Å². The van der Waals surface area contributed by atoms with E-state index < -0.39 is 22.6 Å². The minimum Gasteiger partial charge on any atom is -0.480 e. The molecule has 0 spiro atoms. The van der Waals surface area contributed by atoms with Crippen LogP contribution in [0.3, 0.4) is 0 Å². The predicted octanol–water partition coefficient (Wildman–Crippen LogP) is 2.50. The Labute approximate surface area is 155 Å². The first kappa shape index (κ1) is 18.8. The summed E-state index contributed by atoms with van der Waals surface area (Å²) in [5, 5.41) is 13.5.